The van der Waals surface area contributed by atoms with Gasteiger partial charge in [-0.1, -0.05) is 36.4 Å². The molecule has 1 heterocycles. The van der Waals surface area contributed by atoms with Crippen LogP contribution in [0.2, 0.25) is 0 Å². The Hall–Kier alpha value is -3.64. The zero-order valence-corrected chi connectivity index (χ0v) is 16.6. The monoisotopic (exact) mass is 402 g/mol. The lowest BCUT2D eigenvalue weighted by atomic mass is 10.1. The molecule has 1 unspecified atom stereocenters. The molecule has 0 saturated heterocycles. The van der Waals surface area contributed by atoms with Gasteiger partial charge in [-0.25, -0.2) is 4.68 Å². The third-order valence-corrected chi connectivity index (χ3v) is 4.68. The topological polar surface area (TPSA) is 73.6 Å². The smallest absolute Gasteiger partial charge is 0.274 e. The van der Waals surface area contributed by atoms with Gasteiger partial charge in [-0.05, 0) is 49.4 Å². The third kappa shape index (κ3) is 4.50. The largest absolute Gasteiger partial charge is 0.491 e. The van der Waals surface area contributed by atoms with E-state index < -0.39 is 6.10 Å². The van der Waals surface area contributed by atoms with Crippen LogP contribution in [-0.4, -0.2) is 27.6 Å². The van der Waals surface area contributed by atoms with Crippen LogP contribution in [0.15, 0.2) is 83.7 Å². The van der Waals surface area contributed by atoms with Crippen LogP contribution in [0.4, 0.5) is 0 Å². The molecule has 0 amide bonds. The highest BCUT2D eigenvalue weighted by molar-refractivity contribution is 5.83. The van der Waals surface area contributed by atoms with Crippen molar-refractivity contribution in [3.63, 3.8) is 0 Å². The van der Waals surface area contributed by atoms with Gasteiger partial charge in [0.1, 0.15) is 30.0 Å². The predicted octanol–water partition coefficient (Wildman–Crippen LogP) is 3.94. The standard InChI is InChI=1S/C24H22N2O4/c1-17-22-9-5-6-10-23(22)24(28)26(25-17)15-18(27)16-29-19-11-13-21(14-12-19)30-20-7-3-2-4-8-20/h2-14,18,27H,15-16H2,1H3. The highest BCUT2D eigenvalue weighted by atomic mass is 16.5. The molecule has 30 heavy (non-hydrogen) atoms. The van der Waals surface area contributed by atoms with Gasteiger partial charge in [0.25, 0.3) is 5.56 Å². The van der Waals surface area contributed by atoms with Crippen LogP contribution < -0.4 is 15.0 Å². The molecule has 0 spiro atoms. The van der Waals surface area contributed by atoms with Gasteiger partial charge >= 0.3 is 0 Å². The molecule has 1 N–H and O–H groups in total. The molecule has 0 fully saturated rings. The highest BCUT2D eigenvalue weighted by Crippen LogP contribution is 2.23. The van der Waals surface area contributed by atoms with E-state index in [1.807, 2.05) is 55.5 Å². The first-order chi connectivity index (χ1) is 14.6. The summed E-state index contributed by atoms with van der Waals surface area (Å²) in [5.74, 6) is 2.05. The van der Waals surface area contributed by atoms with E-state index in [-0.39, 0.29) is 18.7 Å². The lowest BCUT2D eigenvalue weighted by Gasteiger charge is -2.15. The zero-order chi connectivity index (χ0) is 20.9. The fourth-order valence-corrected chi connectivity index (χ4v) is 3.20. The number of benzene rings is 3. The molecular formula is C24H22N2O4. The van der Waals surface area contributed by atoms with E-state index in [1.165, 1.54) is 4.68 Å². The van der Waals surface area contributed by atoms with Crippen LogP contribution in [0.1, 0.15) is 5.69 Å². The SMILES string of the molecule is Cc1nn(CC(O)COc2ccc(Oc3ccccc3)cc2)c(=O)c2ccccc12. The molecule has 0 aliphatic carbocycles. The maximum atomic E-state index is 12.6. The molecule has 4 rings (SSSR count). The van der Waals surface area contributed by atoms with Crippen LogP contribution in [0.5, 0.6) is 17.2 Å². The molecule has 1 atom stereocenters. The highest BCUT2D eigenvalue weighted by Gasteiger charge is 2.12. The number of nitrogens with zero attached hydrogens (tertiary/aromatic N) is 2. The second kappa shape index (κ2) is 8.80. The second-order valence-electron chi connectivity index (χ2n) is 6.97. The molecule has 4 aromatic rings. The molecule has 3 aromatic carbocycles. The predicted molar refractivity (Wildman–Crippen MR) is 115 cm³/mol. The molecule has 0 aliphatic heterocycles. The van der Waals surface area contributed by atoms with Crippen molar-refractivity contribution in [2.24, 2.45) is 0 Å². The summed E-state index contributed by atoms with van der Waals surface area (Å²) in [4.78, 5) is 12.6. The number of hydrogen-bond donors (Lipinski definition) is 1. The lowest BCUT2D eigenvalue weighted by molar-refractivity contribution is 0.0880. The van der Waals surface area contributed by atoms with Crippen molar-refractivity contribution in [2.75, 3.05) is 6.61 Å². The minimum Gasteiger partial charge on any atom is -0.491 e. The number of aliphatic hydroxyl groups is 1. The number of aryl methyl sites for hydroxylation is 1. The van der Waals surface area contributed by atoms with Crippen LogP contribution in [0, 0.1) is 6.92 Å². The Labute approximate surface area is 173 Å². The number of hydrogen-bond acceptors (Lipinski definition) is 5. The van der Waals surface area contributed by atoms with Crippen molar-refractivity contribution in [1.29, 1.82) is 0 Å². The van der Waals surface area contributed by atoms with E-state index in [1.54, 1.807) is 30.3 Å². The number of rotatable bonds is 7. The fourth-order valence-electron chi connectivity index (χ4n) is 3.20. The van der Waals surface area contributed by atoms with Crippen molar-refractivity contribution >= 4 is 10.8 Å². The van der Waals surface area contributed by atoms with Gasteiger partial charge in [-0.2, -0.15) is 5.10 Å². The van der Waals surface area contributed by atoms with Gasteiger partial charge in [0, 0.05) is 5.39 Å². The number of ether oxygens (including phenoxy) is 2. The Bertz CT molecular complexity index is 1190. The molecule has 1 aromatic heterocycles. The molecule has 0 aliphatic rings. The summed E-state index contributed by atoms with van der Waals surface area (Å²) in [5, 5.41) is 16.1. The summed E-state index contributed by atoms with van der Waals surface area (Å²) in [5.41, 5.74) is 0.519. The van der Waals surface area contributed by atoms with Crippen LogP contribution in [0.25, 0.3) is 10.8 Å². The van der Waals surface area contributed by atoms with E-state index in [2.05, 4.69) is 5.10 Å². The van der Waals surface area contributed by atoms with E-state index in [0.29, 0.717) is 16.9 Å². The first-order valence-corrected chi connectivity index (χ1v) is 9.70. The summed E-state index contributed by atoms with van der Waals surface area (Å²) in [6.07, 6.45) is -0.879. The van der Waals surface area contributed by atoms with E-state index in [9.17, 15) is 9.90 Å². The van der Waals surface area contributed by atoms with Gasteiger partial charge in [0.15, 0.2) is 0 Å². The van der Waals surface area contributed by atoms with E-state index in [4.69, 9.17) is 9.47 Å². The molecule has 0 radical (unpaired) electrons. The number of aromatic nitrogens is 2. The Morgan fingerprint density at radius 3 is 2.20 bits per heavy atom. The number of fused-ring (bicyclic) bond motifs is 1. The van der Waals surface area contributed by atoms with Crippen molar-refractivity contribution in [3.05, 3.63) is 94.9 Å². The van der Waals surface area contributed by atoms with Crippen LogP contribution in [-0.2, 0) is 6.54 Å². The molecular weight excluding hydrogens is 380 g/mol. The first kappa shape index (κ1) is 19.7. The van der Waals surface area contributed by atoms with Crippen LogP contribution >= 0.6 is 0 Å². The zero-order valence-electron chi connectivity index (χ0n) is 16.6. The lowest BCUT2D eigenvalue weighted by Crippen LogP contribution is -2.32. The second-order valence-corrected chi connectivity index (χ2v) is 6.97. The van der Waals surface area contributed by atoms with Gasteiger partial charge in [0.05, 0.1) is 17.6 Å². The molecule has 6 nitrogen and oxygen atoms in total. The van der Waals surface area contributed by atoms with E-state index >= 15 is 0 Å². The number of para-hydroxylation sites is 1. The Balaban J connectivity index is 1.37. The maximum Gasteiger partial charge on any atom is 0.274 e. The summed E-state index contributed by atoms with van der Waals surface area (Å²) < 4.78 is 12.7. The summed E-state index contributed by atoms with van der Waals surface area (Å²) in [6.45, 7) is 1.94. The van der Waals surface area contributed by atoms with Crippen LogP contribution in [0.3, 0.4) is 0 Å². The minimum absolute atomic E-state index is 0.0406. The molecule has 6 heteroatoms. The fraction of sp³-hybridized carbons (Fsp3) is 0.167. The first-order valence-electron chi connectivity index (χ1n) is 9.70. The summed E-state index contributed by atoms with van der Waals surface area (Å²) in [7, 11) is 0. The maximum absolute atomic E-state index is 12.6. The van der Waals surface area contributed by atoms with Gasteiger partial charge in [-0.15, -0.1) is 0 Å². The quantitative estimate of drug-likeness (QED) is 0.507. The molecule has 152 valence electrons. The third-order valence-electron chi connectivity index (χ3n) is 4.68. The Kier molecular flexibility index (Phi) is 5.77. The normalized spacial score (nSPS) is 11.9. The van der Waals surface area contributed by atoms with Crippen molar-refractivity contribution in [2.45, 2.75) is 19.6 Å². The number of aliphatic hydroxyl groups excluding tert-OH is 1. The van der Waals surface area contributed by atoms with Gasteiger partial charge in [-0.3, -0.25) is 4.79 Å². The Morgan fingerprint density at radius 1 is 0.867 bits per heavy atom. The molecule has 0 bridgehead atoms. The van der Waals surface area contributed by atoms with Crippen molar-refractivity contribution in [1.82, 2.24) is 9.78 Å². The average Bonchev–Trinajstić information content (AvgIpc) is 2.77. The Morgan fingerprint density at radius 2 is 1.47 bits per heavy atom. The minimum atomic E-state index is -0.879. The summed E-state index contributed by atoms with van der Waals surface area (Å²) in [6, 6.07) is 24.0. The van der Waals surface area contributed by atoms with Gasteiger partial charge in [0.2, 0.25) is 0 Å². The van der Waals surface area contributed by atoms with Crippen molar-refractivity contribution in [3.8, 4) is 17.2 Å². The van der Waals surface area contributed by atoms with Crippen molar-refractivity contribution < 1.29 is 14.6 Å². The summed E-state index contributed by atoms with van der Waals surface area (Å²) >= 11 is 0. The van der Waals surface area contributed by atoms with Gasteiger partial charge < -0.3 is 14.6 Å². The molecule has 0 saturated carbocycles. The average molecular weight is 402 g/mol. The van der Waals surface area contributed by atoms with E-state index in [0.717, 1.165) is 16.8 Å².